The Hall–Kier alpha value is -3.42. The van der Waals surface area contributed by atoms with Crippen molar-refractivity contribution in [1.29, 1.82) is 0 Å². The van der Waals surface area contributed by atoms with E-state index in [2.05, 4.69) is 5.32 Å². The van der Waals surface area contributed by atoms with E-state index in [1.807, 2.05) is 0 Å². The molecule has 2 aliphatic heterocycles. The van der Waals surface area contributed by atoms with Gasteiger partial charge >= 0.3 is 5.97 Å². The third-order valence-electron chi connectivity index (χ3n) is 4.47. The van der Waals surface area contributed by atoms with Crippen LogP contribution in [0.4, 0.5) is 5.69 Å². The van der Waals surface area contributed by atoms with Gasteiger partial charge in [0.1, 0.15) is 5.56 Å². The van der Waals surface area contributed by atoms with Gasteiger partial charge in [0, 0.05) is 17.2 Å². The van der Waals surface area contributed by atoms with Crippen LogP contribution in [0.25, 0.3) is 0 Å². The molecule has 0 saturated heterocycles. The van der Waals surface area contributed by atoms with Gasteiger partial charge in [-0.15, -0.1) is 0 Å². The van der Waals surface area contributed by atoms with Crippen LogP contribution in [-0.4, -0.2) is 32.8 Å². The average Bonchev–Trinajstić information content (AvgIpc) is 3.24. The lowest BCUT2D eigenvalue weighted by Crippen LogP contribution is -2.13. The van der Waals surface area contributed by atoms with Gasteiger partial charge in [-0.25, -0.2) is 4.79 Å². The number of fused-ring (bicyclic) bond motifs is 2. The maximum Gasteiger partial charge on any atom is 0.344 e. The molecule has 8 heteroatoms. The minimum atomic E-state index is -0.786. The Morgan fingerprint density at radius 2 is 1.89 bits per heavy atom. The molecular formula is C19H17NO7. The molecule has 0 aromatic heterocycles. The van der Waals surface area contributed by atoms with Crippen molar-refractivity contribution < 1.29 is 33.3 Å². The van der Waals surface area contributed by atoms with Crippen molar-refractivity contribution in [2.75, 3.05) is 26.3 Å². The summed E-state index contributed by atoms with van der Waals surface area (Å²) in [6.07, 6.45) is -0.786. The van der Waals surface area contributed by atoms with E-state index >= 15 is 0 Å². The van der Waals surface area contributed by atoms with E-state index in [-0.39, 0.29) is 12.6 Å². The smallest absolute Gasteiger partial charge is 0.344 e. The summed E-state index contributed by atoms with van der Waals surface area (Å²) in [5, 5.41) is 3.10. The summed E-state index contributed by atoms with van der Waals surface area (Å²) < 4.78 is 26.7. The zero-order valence-corrected chi connectivity index (χ0v) is 15.0. The number of esters is 1. The topological polar surface area (TPSA) is 92.3 Å². The minimum Gasteiger partial charge on any atom is -0.493 e. The number of cyclic esters (lactones) is 1. The number of methoxy groups -OCH3 is 2. The van der Waals surface area contributed by atoms with Gasteiger partial charge in [0.25, 0.3) is 0 Å². The van der Waals surface area contributed by atoms with Gasteiger partial charge in [-0.05, 0) is 25.1 Å². The van der Waals surface area contributed by atoms with Crippen LogP contribution in [0.5, 0.6) is 23.0 Å². The molecule has 27 heavy (non-hydrogen) atoms. The van der Waals surface area contributed by atoms with Crippen LogP contribution < -0.4 is 24.3 Å². The Labute approximate surface area is 154 Å². The zero-order valence-electron chi connectivity index (χ0n) is 15.0. The van der Waals surface area contributed by atoms with E-state index in [9.17, 15) is 9.59 Å². The Bertz CT molecular complexity index is 954. The van der Waals surface area contributed by atoms with Crippen molar-refractivity contribution in [3.8, 4) is 23.0 Å². The molecule has 0 spiro atoms. The fourth-order valence-electron chi connectivity index (χ4n) is 3.20. The molecular weight excluding hydrogens is 354 g/mol. The number of hydrogen-bond acceptors (Lipinski definition) is 8. The van der Waals surface area contributed by atoms with Gasteiger partial charge in [0.15, 0.2) is 28.8 Å². The first-order chi connectivity index (χ1) is 13.0. The molecule has 0 unspecified atom stereocenters. The molecule has 4 rings (SSSR count). The lowest BCUT2D eigenvalue weighted by atomic mass is 10.0. The fourth-order valence-corrected chi connectivity index (χ4v) is 3.20. The first-order valence-electron chi connectivity index (χ1n) is 8.20. The molecule has 0 saturated carbocycles. The first-order valence-corrected chi connectivity index (χ1v) is 8.20. The fraction of sp³-hybridized carbons (Fsp3) is 0.263. The normalized spacial score (nSPS) is 16.6. The third kappa shape index (κ3) is 2.69. The SMILES string of the molecule is COc1ccc2c(c1OC)C(=O)O[C@@H]2Nc1cc2c(cc1C(C)=O)OCO2. The van der Waals surface area contributed by atoms with Crippen molar-refractivity contribution >= 4 is 17.4 Å². The number of carbonyl (C=O) groups is 2. The number of anilines is 1. The van der Waals surface area contributed by atoms with Crippen LogP contribution in [0.15, 0.2) is 24.3 Å². The lowest BCUT2D eigenvalue weighted by Gasteiger charge is -2.17. The number of hydrogen-bond donors (Lipinski definition) is 1. The molecule has 8 nitrogen and oxygen atoms in total. The molecule has 1 N–H and O–H groups in total. The van der Waals surface area contributed by atoms with Crippen molar-refractivity contribution in [2.45, 2.75) is 13.2 Å². The van der Waals surface area contributed by atoms with Crippen molar-refractivity contribution in [1.82, 2.24) is 0 Å². The van der Waals surface area contributed by atoms with Crippen LogP contribution >= 0.6 is 0 Å². The van der Waals surface area contributed by atoms with Crippen LogP contribution in [0.3, 0.4) is 0 Å². The second-order valence-corrected chi connectivity index (χ2v) is 6.00. The lowest BCUT2D eigenvalue weighted by molar-refractivity contribution is 0.0435. The molecule has 0 aliphatic carbocycles. The highest BCUT2D eigenvalue weighted by Gasteiger charge is 2.36. The number of rotatable bonds is 5. The van der Waals surface area contributed by atoms with Crippen LogP contribution in [0.2, 0.25) is 0 Å². The molecule has 2 aromatic carbocycles. The molecule has 2 aromatic rings. The number of benzene rings is 2. The number of nitrogens with one attached hydrogen (secondary N) is 1. The number of ether oxygens (including phenoxy) is 5. The molecule has 2 aliphatic rings. The number of ketones is 1. The molecule has 0 bridgehead atoms. The largest absolute Gasteiger partial charge is 0.493 e. The van der Waals surface area contributed by atoms with Crippen LogP contribution in [0, 0.1) is 0 Å². The van der Waals surface area contributed by atoms with Gasteiger partial charge < -0.3 is 29.0 Å². The van der Waals surface area contributed by atoms with Crippen molar-refractivity contribution in [3.63, 3.8) is 0 Å². The summed E-state index contributed by atoms with van der Waals surface area (Å²) in [5.41, 5.74) is 1.76. The first kappa shape index (κ1) is 17.0. The molecule has 0 fully saturated rings. The second-order valence-electron chi connectivity index (χ2n) is 6.00. The highest BCUT2D eigenvalue weighted by molar-refractivity contribution is 6.01. The summed E-state index contributed by atoms with van der Waals surface area (Å²) in [7, 11) is 2.95. The van der Waals surface area contributed by atoms with Gasteiger partial charge in [-0.2, -0.15) is 0 Å². The van der Waals surface area contributed by atoms with E-state index in [1.54, 1.807) is 24.3 Å². The maximum absolute atomic E-state index is 12.4. The van der Waals surface area contributed by atoms with Gasteiger partial charge in [-0.3, -0.25) is 4.79 Å². The van der Waals surface area contributed by atoms with E-state index < -0.39 is 12.2 Å². The second kappa shape index (κ2) is 6.39. The van der Waals surface area contributed by atoms with Crippen LogP contribution in [-0.2, 0) is 4.74 Å². The Morgan fingerprint density at radius 3 is 2.56 bits per heavy atom. The average molecular weight is 371 g/mol. The molecule has 140 valence electrons. The molecule has 0 amide bonds. The zero-order chi connectivity index (χ0) is 19.1. The van der Waals surface area contributed by atoms with E-state index in [0.717, 1.165) is 0 Å². The molecule has 2 heterocycles. The van der Waals surface area contributed by atoms with Crippen molar-refractivity contribution in [2.24, 2.45) is 0 Å². The molecule has 0 radical (unpaired) electrons. The highest BCUT2D eigenvalue weighted by Crippen LogP contribution is 2.44. The van der Waals surface area contributed by atoms with E-state index in [4.69, 9.17) is 23.7 Å². The van der Waals surface area contributed by atoms with Crippen LogP contribution in [0.1, 0.15) is 39.4 Å². The summed E-state index contributed by atoms with van der Waals surface area (Å²) in [6, 6.07) is 6.68. The van der Waals surface area contributed by atoms with Gasteiger partial charge in [0.05, 0.1) is 19.9 Å². The number of carbonyl (C=O) groups excluding carboxylic acids is 2. The minimum absolute atomic E-state index is 0.0916. The Balaban J connectivity index is 1.74. The predicted octanol–water partition coefficient (Wildman–Crippen LogP) is 2.92. The Kier molecular flexibility index (Phi) is 4.02. The van der Waals surface area contributed by atoms with E-state index in [0.29, 0.717) is 45.4 Å². The maximum atomic E-state index is 12.4. The number of Topliss-reactive ketones (excluding diaryl/α,β-unsaturated/α-hetero) is 1. The van der Waals surface area contributed by atoms with Gasteiger partial charge in [-0.1, -0.05) is 0 Å². The highest BCUT2D eigenvalue weighted by atomic mass is 16.7. The van der Waals surface area contributed by atoms with E-state index in [1.165, 1.54) is 21.1 Å². The van der Waals surface area contributed by atoms with Gasteiger partial charge in [0.2, 0.25) is 13.0 Å². The predicted molar refractivity (Wildman–Crippen MR) is 93.9 cm³/mol. The quantitative estimate of drug-likeness (QED) is 0.634. The summed E-state index contributed by atoms with van der Waals surface area (Å²) in [6.45, 7) is 1.54. The summed E-state index contributed by atoms with van der Waals surface area (Å²) in [5.74, 6) is 1.06. The standard InChI is InChI=1S/C19H17NO7/c1-9(21)11-6-14-15(26-8-25-14)7-12(11)20-18-10-4-5-13(23-2)17(24-3)16(10)19(22)27-18/h4-7,18,20H,8H2,1-3H3/t18-/m0/s1. The Morgan fingerprint density at radius 1 is 1.15 bits per heavy atom. The third-order valence-corrected chi connectivity index (χ3v) is 4.47. The monoisotopic (exact) mass is 371 g/mol. The van der Waals surface area contributed by atoms with Crippen molar-refractivity contribution in [3.05, 3.63) is 41.0 Å². The summed E-state index contributed by atoms with van der Waals surface area (Å²) in [4.78, 5) is 24.5. The molecule has 1 atom stereocenters. The summed E-state index contributed by atoms with van der Waals surface area (Å²) >= 11 is 0.